The minimum atomic E-state index is 0.758. The molecule has 0 aromatic heterocycles. The van der Waals surface area contributed by atoms with E-state index in [0.29, 0.717) is 0 Å². The molecule has 1 aliphatic carbocycles. The van der Waals surface area contributed by atoms with E-state index in [1.807, 2.05) is 0 Å². The summed E-state index contributed by atoms with van der Waals surface area (Å²) < 4.78 is 5.96. The SMILES string of the molecule is CCCCCCCCOc1ccc(-c2ccc(C3CCC(CC(CC)CCCC)CC3)cc2)cc1. The van der Waals surface area contributed by atoms with Crippen molar-refractivity contribution in [3.8, 4) is 16.9 Å². The van der Waals surface area contributed by atoms with Crippen LogP contribution in [-0.4, -0.2) is 6.61 Å². The molecule has 1 nitrogen and oxygen atoms in total. The molecule has 1 atom stereocenters. The molecule has 0 radical (unpaired) electrons. The second-order valence-electron chi connectivity index (χ2n) is 11.1. The smallest absolute Gasteiger partial charge is 0.119 e. The van der Waals surface area contributed by atoms with Crippen molar-refractivity contribution in [2.24, 2.45) is 11.8 Å². The second-order valence-corrected chi connectivity index (χ2v) is 11.1. The van der Waals surface area contributed by atoms with Gasteiger partial charge in [0.15, 0.2) is 0 Å². The lowest BCUT2D eigenvalue weighted by molar-refractivity contribution is 0.256. The average molecular weight is 477 g/mol. The highest BCUT2D eigenvalue weighted by Crippen LogP contribution is 2.39. The fraction of sp³-hybridized carbons (Fsp3) is 0.647. The molecule has 0 spiro atoms. The largest absolute Gasteiger partial charge is 0.494 e. The fourth-order valence-electron chi connectivity index (χ4n) is 5.95. The van der Waals surface area contributed by atoms with Gasteiger partial charge in [-0.3, -0.25) is 0 Å². The molecule has 0 aliphatic heterocycles. The van der Waals surface area contributed by atoms with E-state index in [0.717, 1.165) is 36.5 Å². The maximum Gasteiger partial charge on any atom is 0.119 e. The molecule has 1 unspecified atom stereocenters. The summed E-state index contributed by atoms with van der Waals surface area (Å²) in [5.74, 6) is 3.68. The van der Waals surface area contributed by atoms with Gasteiger partial charge in [-0.05, 0) is 85.1 Å². The van der Waals surface area contributed by atoms with Crippen LogP contribution < -0.4 is 4.74 Å². The third-order valence-corrected chi connectivity index (χ3v) is 8.39. The Morgan fingerprint density at radius 1 is 0.686 bits per heavy atom. The van der Waals surface area contributed by atoms with Crippen molar-refractivity contribution in [1.82, 2.24) is 0 Å². The number of ether oxygens (including phenoxy) is 1. The van der Waals surface area contributed by atoms with Crippen molar-refractivity contribution in [2.45, 2.75) is 123 Å². The van der Waals surface area contributed by atoms with E-state index < -0.39 is 0 Å². The summed E-state index contributed by atoms with van der Waals surface area (Å²) >= 11 is 0. The molecule has 194 valence electrons. The topological polar surface area (TPSA) is 9.23 Å². The van der Waals surface area contributed by atoms with Crippen LogP contribution in [0.25, 0.3) is 11.1 Å². The predicted octanol–water partition coefficient (Wildman–Crippen LogP) is 11.0. The zero-order chi connectivity index (χ0) is 24.7. The molecular formula is C34H52O. The lowest BCUT2D eigenvalue weighted by Crippen LogP contribution is -2.16. The Bertz CT molecular complexity index is 782. The molecule has 1 aliphatic rings. The number of benzene rings is 2. The highest BCUT2D eigenvalue weighted by Gasteiger charge is 2.24. The zero-order valence-electron chi connectivity index (χ0n) is 23.1. The monoisotopic (exact) mass is 476 g/mol. The van der Waals surface area contributed by atoms with Crippen LogP contribution >= 0.6 is 0 Å². The van der Waals surface area contributed by atoms with Crippen LogP contribution in [0.4, 0.5) is 0 Å². The van der Waals surface area contributed by atoms with Crippen LogP contribution in [0.2, 0.25) is 0 Å². The Labute approximate surface area is 217 Å². The minimum Gasteiger partial charge on any atom is -0.494 e. The van der Waals surface area contributed by atoms with Crippen molar-refractivity contribution in [3.05, 3.63) is 54.1 Å². The molecule has 1 heteroatoms. The fourth-order valence-corrected chi connectivity index (χ4v) is 5.95. The standard InChI is InChI=1S/C34H52O/c1-4-7-9-10-11-12-26-35-34-24-22-33(23-25-34)32-20-18-31(19-21-32)30-16-14-29(15-17-30)27-28(6-3)13-8-5-2/h18-25,28-30H,4-17,26-27H2,1-3H3. The molecule has 1 saturated carbocycles. The highest BCUT2D eigenvalue weighted by atomic mass is 16.5. The van der Waals surface area contributed by atoms with Gasteiger partial charge in [-0.1, -0.05) is 115 Å². The number of hydrogen-bond acceptors (Lipinski definition) is 1. The average Bonchev–Trinajstić information content (AvgIpc) is 2.91. The first-order chi connectivity index (χ1) is 17.2. The first-order valence-electron chi connectivity index (χ1n) is 15.1. The van der Waals surface area contributed by atoms with Crippen molar-refractivity contribution >= 4 is 0 Å². The van der Waals surface area contributed by atoms with Gasteiger partial charge in [-0.25, -0.2) is 0 Å². The molecule has 0 saturated heterocycles. The first-order valence-corrected chi connectivity index (χ1v) is 15.1. The summed E-state index contributed by atoms with van der Waals surface area (Å²) in [4.78, 5) is 0. The van der Waals surface area contributed by atoms with Gasteiger partial charge in [0.1, 0.15) is 5.75 Å². The third-order valence-electron chi connectivity index (χ3n) is 8.39. The lowest BCUT2D eigenvalue weighted by Gasteiger charge is -2.31. The van der Waals surface area contributed by atoms with Crippen molar-refractivity contribution < 1.29 is 4.74 Å². The summed E-state index contributed by atoms with van der Waals surface area (Å²) in [5.41, 5.74) is 4.14. The summed E-state index contributed by atoms with van der Waals surface area (Å²) in [6, 6.07) is 18.1. The van der Waals surface area contributed by atoms with Gasteiger partial charge in [-0.15, -0.1) is 0 Å². The van der Waals surface area contributed by atoms with Gasteiger partial charge in [0, 0.05) is 0 Å². The molecule has 0 bridgehead atoms. The number of rotatable bonds is 16. The lowest BCUT2D eigenvalue weighted by atomic mass is 9.74. The van der Waals surface area contributed by atoms with Crippen LogP contribution in [0, 0.1) is 11.8 Å². The van der Waals surface area contributed by atoms with Crippen molar-refractivity contribution in [2.75, 3.05) is 6.61 Å². The summed E-state index contributed by atoms with van der Waals surface area (Å²) in [5, 5.41) is 0. The normalized spacial score (nSPS) is 18.9. The Kier molecular flexibility index (Phi) is 12.8. The van der Waals surface area contributed by atoms with Gasteiger partial charge in [0.25, 0.3) is 0 Å². The third kappa shape index (κ3) is 9.66. The van der Waals surface area contributed by atoms with E-state index in [1.54, 1.807) is 5.56 Å². The molecule has 2 aromatic carbocycles. The van der Waals surface area contributed by atoms with Gasteiger partial charge >= 0.3 is 0 Å². The number of unbranched alkanes of at least 4 members (excludes halogenated alkanes) is 6. The van der Waals surface area contributed by atoms with E-state index in [4.69, 9.17) is 4.74 Å². The van der Waals surface area contributed by atoms with Gasteiger partial charge < -0.3 is 4.74 Å². The Balaban J connectivity index is 1.41. The first kappa shape index (κ1) is 27.8. The van der Waals surface area contributed by atoms with E-state index in [-0.39, 0.29) is 0 Å². The van der Waals surface area contributed by atoms with Crippen LogP contribution in [-0.2, 0) is 0 Å². The van der Waals surface area contributed by atoms with E-state index >= 15 is 0 Å². The van der Waals surface area contributed by atoms with E-state index in [2.05, 4.69) is 69.3 Å². The van der Waals surface area contributed by atoms with Crippen LogP contribution in [0.15, 0.2) is 48.5 Å². The summed E-state index contributed by atoms with van der Waals surface area (Å²) in [7, 11) is 0. The zero-order valence-corrected chi connectivity index (χ0v) is 23.1. The van der Waals surface area contributed by atoms with E-state index in [9.17, 15) is 0 Å². The molecule has 2 aromatic rings. The minimum absolute atomic E-state index is 0.758. The molecule has 3 rings (SSSR count). The molecule has 35 heavy (non-hydrogen) atoms. The van der Waals surface area contributed by atoms with E-state index in [1.165, 1.54) is 101 Å². The maximum atomic E-state index is 5.96. The van der Waals surface area contributed by atoms with Gasteiger partial charge in [-0.2, -0.15) is 0 Å². The Morgan fingerprint density at radius 3 is 1.91 bits per heavy atom. The van der Waals surface area contributed by atoms with Gasteiger partial charge in [0.2, 0.25) is 0 Å². The molecule has 0 amide bonds. The summed E-state index contributed by atoms with van der Waals surface area (Å²) in [6.07, 6.45) is 20.5. The quantitative estimate of drug-likeness (QED) is 0.219. The van der Waals surface area contributed by atoms with Crippen LogP contribution in [0.3, 0.4) is 0 Å². The van der Waals surface area contributed by atoms with Crippen LogP contribution in [0.5, 0.6) is 5.75 Å². The molecule has 1 fully saturated rings. The highest BCUT2D eigenvalue weighted by molar-refractivity contribution is 5.64. The molecular weight excluding hydrogens is 424 g/mol. The second kappa shape index (κ2) is 16.1. The Hall–Kier alpha value is -1.76. The maximum absolute atomic E-state index is 5.96. The number of hydrogen-bond donors (Lipinski definition) is 0. The van der Waals surface area contributed by atoms with Crippen molar-refractivity contribution in [1.29, 1.82) is 0 Å². The van der Waals surface area contributed by atoms with Crippen LogP contribution in [0.1, 0.15) is 129 Å². The van der Waals surface area contributed by atoms with Crippen molar-refractivity contribution in [3.63, 3.8) is 0 Å². The molecule has 0 N–H and O–H groups in total. The predicted molar refractivity (Wildman–Crippen MR) is 153 cm³/mol. The Morgan fingerprint density at radius 2 is 1.29 bits per heavy atom. The summed E-state index contributed by atoms with van der Waals surface area (Å²) in [6.45, 7) is 7.82. The van der Waals surface area contributed by atoms with Gasteiger partial charge in [0.05, 0.1) is 6.61 Å². The molecule has 0 heterocycles.